The molecule has 5 rings (SSSR count). The number of hydrogen-bond acceptors (Lipinski definition) is 0. The topological polar surface area (TPSA) is 0 Å². The fraction of sp³-hybridized carbons (Fsp3) is 0.0571. The molecule has 192 valence electrons. The summed E-state index contributed by atoms with van der Waals surface area (Å²) >= 11 is 0. The van der Waals surface area contributed by atoms with Crippen molar-refractivity contribution in [2.24, 2.45) is 0 Å². The van der Waals surface area contributed by atoms with E-state index in [1.54, 1.807) is 6.08 Å². The Hall–Kier alpha value is -2.64. The molecule has 0 N–H and O–H groups in total. The molecule has 0 radical (unpaired) electrons. The van der Waals surface area contributed by atoms with Crippen LogP contribution in [0.2, 0.25) is 0 Å². The van der Waals surface area contributed by atoms with E-state index in [0.29, 0.717) is 0 Å². The molecule has 3 heteroatoms. The molecule has 0 fully saturated rings. The van der Waals surface area contributed by atoms with Crippen molar-refractivity contribution in [3.63, 3.8) is 0 Å². The van der Waals surface area contributed by atoms with Crippen molar-refractivity contribution in [3.8, 4) is 0 Å². The Balaban J connectivity index is 0.000000382. The van der Waals surface area contributed by atoms with Crippen LogP contribution in [0.25, 0.3) is 6.08 Å². The monoisotopic (exact) mass is 620 g/mol. The van der Waals surface area contributed by atoms with Gasteiger partial charge < -0.3 is 0 Å². The molecule has 0 saturated carbocycles. The summed E-state index contributed by atoms with van der Waals surface area (Å²) in [5, 5.41) is 5.78. The van der Waals surface area contributed by atoms with E-state index in [1.807, 2.05) is 30.3 Å². The first-order chi connectivity index (χ1) is 18.3. The second kappa shape index (κ2) is 17.1. The van der Waals surface area contributed by atoms with Gasteiger partial charge in [-0.15, -0.1) is 12.1 Å². The minimum absolute atomic E-state index is 0. The molecule has 5 aromatic rings. The average Bonchev–Trinajstić information content (AvgIpc) is 3.00. The summed E-state index contributed by atoms with van der Waals surface area (Å²) in [5.41, 5.74) is 1.06. The van der Waals surface area contributed by atoms with Gasteiger partial charge in [0.1, 0.15) is 0 Å². The van der Waals surface area contributed by atoms with Crippen molar-refractivity contribution in [2.45, 2.75) is 6.42 Å². The van der Waals surface area contributed by atoms with Gasteiger partial charge in [-0.3, -0.25) is 12.7 Å². The van der Waals surface area contributed by atoms with Crippen molar-refractivity contribution in [1.82, 2.24) is 0 Å². The normalized spacial score (nSPS) is 10.3. The maximum Gasteiger partial charge on any atom is 2.00 e. The van der Waals surface area contributed by atoms with Gasteiger partial charge in [-0.05, 0) is 18.5 Å². The molecule has 0 spiro atoms. The van der Waals surface area contributed by atoms with E-state index in [2.05, 4.69) is 127 Å². The van der Waals surface area contributed by atoms with Crippen LogP contribution >= 0.6 is 15.8 Å². The summed E-state index contributed by atoms with van der Waals surface area (Å²) in [5.74, 6) is 0. The Morgan fingerprint density at radius 2 is 0.842 bits per heavy atom. The molecular weight excluding hydrogens is 589 g/mol. The van der Waals surface area contributed by atoms with E-state index >= 15 is 0 Å². The maximum atomic E-state index is 5.22. The summed E-state index contributed by atoms with van der Waals surface area (Å²) in [6.07, 6.45) is 6.45. The molecule has 0 heterocycles. The summed E-state index contributed by atoms with van der Waals surface area (Å²) in [7, 11) is -0.774. The molecule has 5 aromatic carbocycles. The molecule has 0 bridgehead atoms. The van der Waals surface area contributed by atoms with Gasteiger partial charge in [0.25, 0.3) is 0 Å². The number of hydrogen-bond donors (Lipinski definition) is 0. The minimum Gasteiger partial charge on any atom is -0.293 e. The van der Waals surface area contributed by atoms with Crippen LogP contribution < -0.4 is 21.2 Å². The summed E-state index contributed by atoms with van der Waals surface area (Å²) in [6.45, 7) is 5.22. The molecule has 0 aliphatic rings. The molecule has 0 nitrogen and oxygen atoms in total. The van der Waals surface area contributed by atoms with Gasteiger partial charge in [-0.25, -0.2) is 14.0 Å². The van der Waals surface area contributed by atoms with Crippen LogP contribution in [0.3, 0.4) is 0 Å². The van der Waals surface area contributed by atoms with E-state index in [-0.39, 0.29) is 28.3 Å². The van der Waals surface area contributed by atoms with Gasteiger partial charge in [0.2, 0.25) is 0 Å². The Morgan fingerprint density at radius 3 is 1.18 bits per heavy atom. The van der Waals surface area contributed by atoms with Crippen LogP contribution in [0.4, 0.5) is 0 Å². The van der Waals surface area contributed by atoms with Crippen LogP contribution in [-0.4, -0.2) is 6.16 Å². The fourth-order valence-electron chi connectivity index (χ4n) is 4.04. The van der Waals surface area contributed by atoms with Crippen LogP contribution in [0.1, 0.15) is 12.0 Å². The first-order valence-electron chi connectivity index (χ1n) is 12.6. The molecular formula is C35H32P2Pd. The third kappa shape index (κ3) is 9.28. The molecule has 0 atom stereocenters. The SMILES string of the molecule is [CH-]=Cc1ccccc1.[Pd+2].c1ccc(P([CH-]CCP(c2ccccc2)c2ccccc2)c2ccccc2)cc1. The first-order valence-corrected chi connectivity index (χ1v) is 15.5. The molecule has 0 aliphatic carbocycles. The number of rotatable bonds is 9. The van der Waals surface area contributed by atoms with Crippen LogP contribution in [0, 0.1) is 12.7 Å². The predicted molar refractivity (Wildman–Crippen MR) is 167 cm³/mol. The van der Waals surface area contributed by atoms with E-state index < -0.39 is 7.92 Å². The molecule has 0 unspecified atom stereocenters. The largest absolute Gasteiger partial charge is 2.00 e. The van der Waals surface area contributed by atoms with E-state index in [0.717, 1.165) is 12.0 Å². The second-order valence-corrected chi connectivity index (χ2v) is 12.9. The van der Waals surface area contributed by atoms with Crippen LogP contribution in [0.15, 0.2) is 152 Å². The van der Waals surface area contributed by atoms with Crippen LogP contribution in [0.5, 0.6) is 0 Å². The van der Waals surface area contributed by atoms with Crippen molar-refractivity contribution in [2.75, 3.05) is 6.16 Å². The zero-order valence-electron chi connectivity index (χ0n) is 21.3. The first kappa shape index (κ1) is 29.9. The summed E-state index contributed by atoms with van der Waals surface area (Å²) < 4.78 is 0. The van der Waals surface area contributed by atoms with Gasteiger partial charge in [0.15, 0.2) is 0 Å². The van der Waals surface area contributed by atoms with Crippen molar-refractivity contribution < 1.29 is 20.4 Å². The third-order valence-electron chi connectivity index (χ3n) is 5.86. The smallest absolute Gasteiger partial charge is 0.293 e. The van der Waals surface area contributed by atoms with E-state index in [4.69, 9.17) is 6.58 Å². The van der Waals surface area contributed by atoms with Gasteiger partial charge in [0, 0.05) is 0 Å². The zero-order valence-corrected chi connectivity index (χ0v) is 24.6. The van der Waals surface area contributed by atoms with Gasteiger partial charge >= 0.3 is 20.4 Å². The van der Waals surface area contributed by atoms with Gasteiger partial charge in [-0.1, -0.05) is 156 Å². The Bertz CT molecular complexity index is 1130. The fourth-order valence-corrected chi connectivity index (χ4v) is 8.60. The molecule has 0 aliphatic heterocycles. The predicted octanol–water partition coefficient (Wildman–Crippen LogP) is 7.93. The van der Waals surface area contributed by atoms with E-state index in [9.17, 15) is 0 Å². The van der Waals surface area contributed by atoms with E-state index in [1.165, 1.54) is 27.4 Å². The Labute approximate surface area is 245 Å². The van der Waals surface area contributed by atoms with Crippen molar-refractivity contribution in [3.05, 3.63) is 170 Å². The number of benzene rings is 5. The zero-order chi connectivity index (χ0) is 25.5. The van der Waals surface area contributed by atoms with Gasteiger partial charge in [0.05, 0.1) is 0 Å². The van der Waals surface area contributed by atoms with Crippen molar-refractivity contribution in [1.29, 1.82) is 0 Å². The quantitative estimate of drug-likeness (QED) is 0.0892. The molecule has 0 amide bonds. The Kier molecular flexibility index (Phi) is 13.4. The van der Waals surface area contributed by atoms with Crippen LogP contribution in [-0.2, 0) is 20.4 Å². The minimum atomic E-state index is -0.434. The average molecular weight is 621 g/mol. The molecule has 0 aromatic heterocycles. The van der Waals surface area contributed by atoms with Gasteiger partial charge in [-0.2, -0.15) is 12.0 Å². The van der Waals surface area contributed by atoms with Crippen molar-refractivity contribution >= 4 is 43.1 Å². The third-order valence-corrected chi connectivity index (χ3v) is 10.7. The Morgan fingerprint density at radius 1 is 0.500 bits per heavy atom. The molecule has 38 heavy (non-hydrogen) atoms. The second-order valence-electron chi connectivity index (χ2n) is 8.41. The standard InChI is InChI=1S/C27H25P2.C8H7.Pd/c1-5-14-24(15-6-1)28(25-16-7-2-8-17-25)22-13-23-29(26-18-9-3-10-19-26)27-20-11-4-12-21-27;1-2-8-6-4-3-5-7-8;/h1-12,14-22H,13,23H2;1-7H;/q2*-1;+2. The summed E-state index contributed by atoms with van der Waals surface area (Å²) in [6, 6.07) is 53.7. The maximum absolute atomic E-state index is 5.22. The molecule has 0 saturated heterocycles. The summed E-state index contributed by atoms with van der Waals surface area (Å²) in [4.78, 5) is 0.